The average Bonchev–Trinajstić information content (AvgIpc) is 2.43. The molecule has 0 N–H and O–H groups in total. The van der Waals surface area contributed by atoms with Crippen molar-refractivity contribution in [3.05, 3.63) is 40.8 Å². The highest BCUT2D eigenvalue weighted by Crippen LogP contribution is 2.28. The zero-order valence-corrected chi connectivity index (χ0v) is 12.2. The first-order chi connectivity index (χ1) is 9.15. The first kappa shape index (κ1) is 13.8. The molecular formula is C15H17ClN2O. The van der Waals surface area contributed by atoms with Gasteiger partial charge in [-0.25, -0.2) is 9.97 Å². The molecule has 0 aliphatic carbocycles. The molecule has 19 heavy (non-hydrogen) atoms. The molecule has 1 aromatic carbocycles. The predicted molar refractivity (Wildman–Crippen MR) is 77.8 cm³/mol. The van der Waals surface area contributed by atoms with Crippen LogP contribution in [0.2, 0.25) is 5.15 Å². The van der Waals surface area contributed by atoms with Crippen molar-refractivity contribution in [2.75, 3.05) is 7.11 Å². The van der Waals surface area contributed by atoms with Gasteiger partial charge in [-0.3, -0.25) is 0 Å². The first-order valence-corrected chi connectivity index (χ1v) is 6.71. The van der Waals surface area contributed by atoms with E-state index in [0.29, 0.717) is 5.15 Å². The number of rotatable bonds is 4. The standard InChI is InChI=1S/C15H17ClN2O/c1-4-6-13-17-14(10(2)15(16)18-13)11-7-5-8-12(9-11)19-3/h5,7-9H,4,6H2,1-3H3. The van der Waals surface area contributed by atoms with E-state index in [1.54, 1.807) is 7.11 Å². The zero-order chi connectivity index (χ0) is 13.8. The zero-order valence-electron chi connectivity index (χ0n) is 11.4. The summed E-state index contributed by atoms with van der Waals surface area (Å²) in [6, 6.07) is 7.82. The smallest absolute Gasteiger partial charge is 0.136 e. The third-order valence-electron chi connectivity index (χ3n) is 2.95. The number of halogens is 1. The van der Waals surface area contributed by atoms with Crippen LogP contribution < -0.4 is 4.74 Å². The fourth-order valence-corrected chi connectivity index (χ4v) is 2.11. The Bertz CT molecular complexity index is 584. The van der Waals surface area contributed by atoms with Gasteiger partial charge in [-0.1, -0.05) is 30.7 Å². The van der Waals surface area contributed by atoms with Crippen LogP contribution in [0.3, 0.4) is 0 Å². The molecule has 0 fully saturated rings. The molecule has 0 saturated heterocycles. The highest BCUT2D eigenvalue weighted by molar-refractivity contribution is 6.30. The van der Waals surface area contributed by atoms with Crippen molar-refractivity contribution in [1.29, 1.82) is 0 Å². The van der Waals surface area contributed by atoms with E-state index in [1.807, 2.05) is 31.2 Å². The minimum atomic E-state index is 0.524. The molecule has 0 bridgehead atoms. The summed E-state index contributed by atoms with van der Waals surface area (Å²) in [7, 11) is 1.65. The lowest BCUT2D eigenvalue weighted by molar-refractivity contribution is 0.415. The van der Waals surface area contributed by atoms with Crippen LogP contribution in [0.1, 0.15) is 24.7 Å². The number of hydrogen-bond donors (Lipinski definition) is 0. The Morgan fingerprint density at radius 2 is 2.05 bits per heavy atom. The van der Waals surface area contributed by atoms with Crippen LogP contribution in [-0.4, -0.2) is 17.1 Å². The van der Waals surface area contributed by atoms with Gasteiger partial charge in [0.05, 0.1) is 12.8 Å². The van der Waals surface area contributed by atoms with Crippen LogP contribution in [0.5, 0.6) is 5.75 Å². The predicted octanol–water partition coefficient (Wildman–Crippen LogP) is 4.07. The summed E-state index contributed by atoms with van der Waals surface area (Å²) in [6.07, 6.45) is 1.83. The molecular weight excluding hydrogens is 260 g/mol. The summed E-state index contributed by atoms with van der Waals surface area (Å²) >= 11 is 6.20. The van der Waals surface area contributed by atoms with Gasteiger partial charge in [-0.05, 0) is 25.5 Å². The maximum Gasteiger partial charge on any atom is 0.136 e. The number of aromatic nitrogens is 2. The molecule has 4 heteroatoms. The monoisotopic (exact) mass is 276 g/mol. The van der Waals surface area contributed by atoms with Crippen molar-refractivity contribution in [3.63, 3.8) is 0 Å². The van der Waals surface area contributed by atoms with Gasteiger partial charge in [0.1, 0.15) is 16.7 Å². The lowest BCUT2D eigenvalue weighted by atomic mass is 10.1. The second-order valence-corrected chi connectivity index (χ2v) is 4.74. The Kier molecular flexibility index (Phi) is 4.38. The fourth-order valence-electron chi connectivity index (χ4n) is 1.92. The summed E-state index contributed by atoms with van der Waals surface area (Å²) < 4.78 is 5.25. The fraction of sp³-hybridized carbons (Fsp3) is 0.333. The maximum absolute atomic E-state index is 6.20. The van der Waals surface area contributed by atoms with Crippen molar-refractivity contribution < 1.29 is 4.74 Å². The van der Waals surface area contributed by atoms with E-state index < -0.39 is 0 Å². The minimum Gasteiger partial charge on any atom is -0.497 e. The van der Waals surface area contributed by atoms with Crippen LogP contribution in [0.4, 0.5) is 0 Å². The number of aryl methyl sites for hydroxylation is 1. The number of hydrogen-bond acceptors (Lipinski definition) is 3. The molecule has 3 nitrogen and oxygen atoms in total. The quantitative estimate of drug-likeness (QED) is 0.790. The van der Waals surface area contributed by atoms with E-state index in [0.717, 1.165) is 41.2 Å². The Balaban J connectivity index is 2.53. The Morgan fingerprint density at radius 1 is 1.26 bits per heavy atom. The third-order valence-corrected chi connectivity index (χ3v) is 3.32. The van der Waals surface area contributed by atoms with Gasteiger partial charge >= 0.3 is 0 Å². The van der Waals surface area contributed by atoms with Crippen LogP contribution in [0.25, 0.3) is 11.3 Å². The second-order valence-electron chi connectivity index (χ2n) is 4.39. The third kappa shape index (κ3) is 3.04. The van der Waals surface area contributed by atoms with Crippen molar-refractivity contribution in [3.8, 4) is 17.0 Å². The maximum atomic E-state index is 6.20. The van der Waals surface area contributed by atoms with Gasteiger partial charge in [0.15, 0.2) is 0 Å². The molecule has 0 radical (unpaired) electrons. The molecule has 2 rings (SSSR count). The number of ether oxygens (including phenoxy) is 1. The van der Waals surface area contributed by atoms with Crippen LogP contribution >= 0.6 is 11.6 Å². The van der Waals surface area contributed by atoms with Crippen molar-refractivity contribution in [1.82, 2.24) is 9.97 Å². The number of nitrogens with zero attached hydrogens (tertiary/aromatic N) is 2. The molecule has 0 amide bonds. The Hall–Kier alpha value is -1.61. The second kappa shape index (κ2) is 6.02. The molecule has 0 aliphatic heterocycles. The van der Waals surface area contributed by atoms with E-state index in [9.17, 15) is 0 Å². The van der Waals surface area contributed by atoms with Gasteiger partial charge in [0.25, 0.3) is 0 Å². The Morgan fingerprint density at radius 3 is 2.74 bits per heavy atom. The van der Waals surface area contributed by atoms with E-state index in [4.69, 9.17) is 16.3 Å². The molecule has 0 atom stereocenters. The molecule has 100 valence electrons. The summed E-state index contributed by atoms with van der Waals surface area (Å²) in [5.74, 6) is 1.60. The summed E-state index contributed by atoms with van der Waals surface area (Å²) in [6.45, 7) is 4.04. The van der Waals surface area contributed by atoms with Crippen molar-refractivity contribution in [2.24, 2.45) is 0 Å². The normalized spacial score (nSPS) is 10.5. The summed E-state index contributed by atoms with van der Waals surface area (Å²) in [4.78, 5) is 8.93. The highest BCUT2D eigenvalue weighted by Gasteiger charge is 2.11. The molecule has 2 aromatic rings. The topological polar surface area (TPSA) is 35.0 Å². The van der Waals surface area contributed by atoms with Gasteiger partial charge in [0, 0.05) is 17.5 Å². The van der Waals surface area contributed by atoms with E-state index in [2.05, 4.69) is 16.9 Å². The lowest BCUT2D eigenvalue weighted by Gasteiger charge is -2.10. The largest absolute Gasteiger partial charge is 0.497 e. The minimum absolute atomic E-state index is 0.524. The molecule has 0 saturated carbocycles. The molecule has 1 heterocycles. The van der Waals surface area contributed by atoms with Crippen LogP contribution in [0, 0.1) is 6.92 Å². The molecule has 0 aliphatic rings. The summed E-state index contributed by atoms with van der Waals surface area (Å²) in [5.41, 5.74) is 2.77. The van der Waals surface area contributed by atoms with Gasteiger partial charge < -0.3 is 4.74 Å². The average molecular weight is 277 g/mol. The number of benzene rings is 1. The van der Waals surface area contributed by atoms with Crippen molar-refractivity contribution >= 4 is 11.6 Å². The molecule has 0 unspecified atom stereocenters. The van der Waals surface area contributed by atoms with E-state index >= 15 is 0 Å². The SMILES string of the molecule is CCCc1nc(Cl)c(C)c(-c2cccc(OC)c2)n1. The highest BCUT2D eigenvalue weighted by atomic mass is 35.5. The van der Waals surface area contributed by atoms with E-state index in [-0.39, 0.29) is 0 Å². The molecule has 0 spiro atoms. The van der Waals surface area contributed by atoms with Crippen molar-refractivity contribution in [2.45, 2.75) is 26.7 Å². The van der Waals surface area contributed by atoms with E-state index in [1.165, 1.54) is 0 Å². The summed E-state index contributed by atoms with van der Waals surface area (Å²) in [5, 5.41) is 0.524. The van der Waals surface area contributed by atoms with Gasteiger partial charge in [-0.2, -0.15) is 0 Å². The van der Waals surface area contributed by atoms with Crippen LogP contribution in [-0.2, 0) is 6.42 Å². The van der Waals surface area contributed by atoms with Gasteiger partial charge in [-0.15, -0.1) is 0 Å². The lowest BCUT2D eigenvalue weighted by Crippen LogP contribution is -2.00. The first-order valence-electron chi connectivity index (χ1n) is 6.33. The number of methoxy groups -OCH3 is 1. The molecule has 1 aromatic heterocycles. The van der Waals surface area contributed by atoms with Gasteiger partial charge in [0.2, 0.25) is 0 Å². The van der Waals surface area contributed by atoms with Crippen LogP contribution in [0.15, 0.2) is 24.3 Å². The Labute approximate surface area is 118 Å².